The molecule has 0 unspecified atom stereocenters. The SMILES string of the molecule is CCC[C@H]1N(C(=O)c2ncccc2C(F)(F)F)CCC[C@@]1(Oc1csc(C)c1)C(=O)N1CCC(OC)(c2ccccc2OCCCC2(C(=O)O)CCC2)CC1. The molecular weight excluding hydrogens is 736 g/mol. The molecule has 2 aliphatic heterocycles. The Morgan fingerprint density at radius 2 is 1.76 bits per heavy atom. The first-order valence-corrected chi connectivity index (χ1v) is 20.0. The van der Waals surface area contributed by atoms with Gasteiger partial charge >= 0.3 is 12.1 Å². The van der Waals surface area contributed by atoms with Crippen molar-refractivity contribution < 1.29 is 46.9 Å². The number of methoxy groups -OCH3 is 1. The minimum atomic E-state index is -4.79. The average molecular weight is 786 g/mol. The van der Waals surface area contributed by atoms with Crippen LogP contribution in [-0.4, -0.2) is 82.7 Å². The van der Waals surface area contributed by atoms with Crippen molar-refractivity contribution in [2.45, 2.75) is 108 Å². The number of aromatic nitrogens is 1. The van der Waals surface area contributed by atoms with Crippen LogP contribution in [-0.2, 0) is 26.1 Å². The lowest BCUT2D eigenvalue weighted by atomic mass is 9.66. The number of nitrogens with zero attached hydrogens (tertiary/aromatic N) is 3. The molecule has 3 fully saturated rings. The van der Waals surface area contributed by atoms with Crippen molar-refractivity contribution in [3.8, 4) is 11.5 Å². The van der Waals surface area contributed by atoms with Crippen LogP contribution in [0.25, 0.3) is 0 Å². The molecule has 2 amide bonds. The molecule has 14 heteroatoms. The molecule has 0 radical (unpaired) electrons. The highest BCUT2D eigenvalue weighted by Gasteiger charge is 2.57. The molecule has 2 saturated heterocycles. The minimum Gasteiger partial charge on any atom is -0.493 e. The number of alkyl halides is 3. The van der Waals surface area contributed by atoms with Crippen molar-refractivity contribution in [2.24, 2.45) is 5.41 Å². The molecule has 1 saturated carbocycles. The van der Waals surface area contributed by atoms with Gasteiger partial charge in [0, 0.05) is 55.2 Å². The van der Waals surface area contributed by atoms with E-state index in [9.17, 15) is 27.9 Å². The fraction of sp³-hybridized carbons (Fsp3) is 0.561. The standard InChI is InChI=1S/C41H50F3N3O7S/c1-4-11-33-40(54-29-26-28(2)55-27-29,18-9-22-47(33)35(48)34-31(41(42,43)44)13-7-21-45-34)36(49)46-23-19-39(52-3,20-24-46)30-12-5-6-14-32(30)53-25-10-17-38(37(50)51)15-8-16-38/h5-7,12-14,21,26-27,33H,4,8-11,15-20,22-25H2,1-3H3,(H,50,51)/t33-,40+/m1/s1. The first-order chi connectivity index (χ1) is 26.3. The van der Waals surface area contributed by atoms with Crippen LogP contribution in [0.2, 0.25) is 0 Å². The number of aliphatic carboxylic acids is 1. The lowest BCUT2D eigenvalue weighted by Crippen LogP contribution is -2.68. The maximum Gasteiger partial charge on any atom is 0.418 e. The van der Waals surface area contributed by atoms with Crippen LogP contribution in [0.5, 0.6) is 11.5 Å². The summed E-state index contributed by atoms with van der Waals surface area (Å²) in [5, 5.41) is 11.5. The Morgan fingerprint density at radius 3 is 2.38 bits per heavy atom. The van der Waals surface area contributed by atoms with Gasteiger partial charge in [-0.25, -0.2) is 0 Å². The summed E-state index contributed by atoms with van der Waals surface area (Å²) in [5.41, 5.74) is -3.97. The van der Waals surface area contributed by atoms with Crippen LogP contribution in [0, 0.1) is 12.3 Å². The molecule has 2 aromatic heterocycles. The topological polar surface area (TPSA) is 119 Å². The van der Waals surface area contributed by atoms with E-state index in [2.05, 4.69) is 4.98 Å². The number of amides is 2. The smallest absolute Gasteiger partial charge is 0.418 e. The molecule has 10 nitrogen and oxygen atoms in total. The number of halogens is 3. The van der Waals surface area contributed by atoms with E-state index in [0.717, 1.165) is 29.0 Å². The van der Waals surface area contributed by atoms with Crippen molar-refractivity contribution >= 4 is 29.1 Å². The van der Waals surface area contributed by atoms with E-state index in [4.69, 9.17) is 14.2 Å². The number of piperidine rings is 2. The predicted molar refractivity (Wildman–Crippen MR) is 200 cm³/mol. The Hall–Kier alpha value is -4.17. The second-order valence-corrected chi connectivity index (χ2v) is 16.2. The predicted octanol–water partition coefficient (Wildman–Crippen LogP) is 8.27. The monoisotopic (exact) mass is 785 g/mol. The molecule has 1 aliphatic carbocycles. The fourth-order valence-corrected chi connectivity index (χ4v) is 9.29. The zero-order valence-electron chi connectivity index (χ0n) is 31.7. The normalized spacial score (nSPS) is 22.1. The van der Waals surface area contributed by atoms with Gasteiger partial charge in [-0.1, -0.05) is 38.0 Å². The number of carboxylic acid groups (broad SMARTS) is 1. The van der Waals surface area contributed by atoms with E-state index in [-0.39, 0.29) is 18.9 Å². The Balaban J connectivity index is 1.25. The molecule has 4 heterocycles. The van der Waals surface area contributed by atoms with Crippen LogP contribution in [0.1, 0.15) is 104 Å². The number of carbonyl (C=O) groups is 3. The van der Waals surface area contributed by atoms with E-state index in [1.54, 1.807) is 12.0 Å². The number of pyridine rings is 1. The first kappa shape index (κ1) is 40.5. The minimum absolute atomic E-state index is 0.152. The lowest BCUT2D eigenvalue weighted by molar-refractivity contribution is -0.164. The van der Waals surface area contributed by atoms with Gasteiger partial charge in [0.15, 0.2) is 0 Å². The number of hydrogen-bond donors (Lipinski definition) is 1. The summed E-state index contributed by atoms with van der Waals surface area (Å²) in [4.78, 5) is 49.1. The van der Waals surface area contributed by atoms with Crippen LogP contribution < -0.4 is 9.47 Å². The van der Waals surface area contributed by atoms with Gasteiger partial charge in [-0.15, -0.1) is 11.3 Å². The van der Waals surface area contributed by atoms with Gasteiger partial charge in [-0.2, -0.15) is 13.2 Å². The summed E-state index contributed by atoms with van der Waals surface area (Å²) in [7, 11) is 1.64. The number of rotatable bonds is 14. The maximum absolute atomic E-state index is 15.1. The van der Waals surface area contributed by atoms with Crippen molar-refractivity contribution in [1.29, 1.82) is 0 Å². The van der Waals surface area contributed by atoms with Gasteiger partial charge < -0.3 is 29.1 Å². The van der Waals surface area contributed by atoms with Crippen LogP contribution in [0.15, 0.2) is 54.0 Å². The number of benzene rings is 1. The molecule has 3 aliphatic rings. The second-order valence-electron chi connectivity index (χ2n) is 15.1. The third kappa shape index (κ3) is 8.07. The third-order valence-corrected chi connectivity index (χ3v) is 12.7. The molecule has 298 valence electrons. The van der Waals surface area contributed by atoms with Crippen LogP contribution in [0.3, 0.4) is 0 Å². The number of thiophene rings is 1. The zero-order valence-corrected chi connectivity index (χ0v) is 32.5. The fourth-order valence-electron chi connectivity index (χ4n) is 8.69. The summed E-state index contributed by atoms with van der Waals surface area (Å²) in [5.74, 6) is -0.823. The number of aryl methyl sites for hydroxylation is 1. The van der Waals surface area contributed by atoms with Gasteiger partial charge in [-0.05, 0) is 82.6 Å². The molecular formula is C41H50F3N3O7S. The molecule has 2 atom stereocenters. The van der Waals surface area contributed by atoms with Gasteiger partial charge in [0.1, 0.15) is 17.2 Å². The van der Waals surface area contributed by atoms with Gasteiger partial charge in [-0.3, -0.25) is 19.4 Å². The summed E-state index contributed by atoms with van der Waals surface area (Å²) >= 11 is 1.46. The number of carbonyl (C=O) groups excluding carboxylic acids is 2. The van der Waals surface area contributed by atoms with Crippen molar-refractivity contribution in [3.05, 3.63) is 75.7 Å². The molecule has 0 spiro atoms. The maximum atomic E-state index is 15.1. The average Bonchev–Trinajstić information content (AvgIpc) is 3.57. The zero-order chi connectivity index (χ0) is 39.4. The highest BCUT2D eigenvalue weighted by atomic mass is 32.1. The number of hydrogen-bond acceptors (Lipinski definition) is 8. The number of ether oxygens (including phenoxy) is 3. The number of carboxylic acids is 1. The van der Waals surface area contributed by atoms with Gasteiger partial charge in [0.2, 0.25) is 5.60 Å². The summed E-state index contributed by atoms with van der Waals surface area (Å²) < 4.78 is 61.6. The Bertz CT molecular complexity index is 1840. The molecule has 1 N–H and O–H groups in total. The quantitative estimate of drug-likeness (QED) is 0.162. The number of para-hydroxylation sites is 1. The molecule has 55 heavy (non-hydrogen) atoms. The van der Waals surface area contributed by atoms with Crippen molar-refractivity contribution in [2.75, 3.05) is 33.4 Å². The summed E-state index contributed by atoms with van der Waals surface area (Å²) in [6.07, 6.45) is 2.18. The largest absolute Gasteiger partial charge is 0.493 e. The van der Waals surface area contributed by atoms with E-state index < -0.39 is 52.0 Å². The van der Waals surface area contributed by atoms with Crippen LogP contribution in [0.4, 0.5) is 13.2 Å². The van der Waals surface area contributed by atoms with E-state index >= 15 is 4.79 Å². The van der Waals surface area contributed by atoms with Gasteiger partial charge in [0.25, 0.3) is 11.8 Å². The molecule has 3 aromatic rings. The van der Waals surface area contributed by atoms with Crippen LogP contribution >= 0.6 is 11.3 Å². The third-order valence-electron chi connectivity index (χ3n) is 11.8. The Morgan fingerprint density at radius 1 is 1.02 bits per heavy atom. The summed E-state index contributed by atoms with van der Waals surface area (Å²) in [6.45, 7) is 4.93. The van der Waals surface area contributed by atoms with Crippen molar-refractivity contribution in [3.63, 3.8) is 0 Å². The van der Waals surface area contributed by atoms with E-state index in [0.29, 0.717) is 89.0 Å². The highest BCUT2D eigenvalue weighted by molar-refractivity contribution is 7.10. The van der Waals surface area contributed by atoms with Gasteiger partial charge in [0.05, 0.1) is 29.2 Å². The number of likely N-dealkylation sites (tertiary alicyclic amines) is 2. The lowest BCUT2D eigenvalue weighted by Gasteiger charge is -2.51. The Kier molecular flexibility index (Phi) is 12.2. The van der Waals surface area contributed by atoms with Crippen molar-refractivity contribution in [1.82, 2.24) is 14.8 Å². The molecule has 6 rings (SSSR count). The highest BCUT2D eigenvalue weighted by Crippen LogP contribution is 2.46. The molecule has 0 bridgehead atoms. The Labute approximate surface area is 324 Å². The first-order valence-electron chi connectivity index (χ1n) is 19.2. The second kappa shape index (κ2) is 16.5. The van der Waals surface area contributed by atoms with E-state index in [1.807, 2.05) is 49.6 Å². The van der Waals surface area contributed by atoms with E-state index in [1.165, 1.54) is 22.4 Å². The summed E-state index contributed by atoms with van der Waals surface area (Å²) in [6, 6.07) is 10.6. The molecule has 1 aromatic carbocycles.